The van der Waals surface area contributed by atoms with Gasteiger partial charge < -0.3 is 10.8 Å². The third kappa shape index (κ3) is 5.95. The van der Waals surface area contributed by atoms with Crippen molar-refractivity contribution in [3.8, 4) is 11.5 Å². The summed E-state index contributed by atoms with van der Waals surface area (Å²) in [4.78, 5) is 10.3. The van der Waals surface area contributed by atoms with Gasteiger partial charge >= 0.3 is 5.97 Å². The van der Waals surface area contributed by atoms with Crippen LogP contribution in [0.3, 0.4) is 0 Å². The highest BCUT2D eigenvalue weighted by Crippen LogP contribution is 1.97. The van der Waals surface area contributed by atoms with E-state index < -0.39 is 20.1 Å². The second-order valence-electron chi connectivity index (χ2n) is 3.70. The first-order chi connectivity index (χ1) is 5.33. The van der Waals surface area contributed by atoms with E-state index in [1.807, 2.05) is 0 Å². The molecule has 3 N–H and O–H groups in total. The Morgan fingerprint density at radius 2 is 2.08 bits per heavy atom. The van der Waals surface area contributed by atoms with Crippen LogP contribution in [0.5, 0.6) is 0 Å². The lowest BCUT2D eigenvalue weighted by Gasteiger charge is -2.04. The summed E-state index contributed by atoms with van der Waals surface area (Å²) in [6.45, 7) is 6.31. The smallest absolute Gasteiger partial charge is 0.321 e. The molecule has 0 saturated heterocycles. The van der Waals surface area contributed by atoms with Gasteiger partial charge in [-0.1, -0.05) is 19.6 Å². The number of carboxylic acids is 1. The van der Waals surface area contributed by atoms with Crippen molar-refractivity contribution in [1.82, 2.24) is 0 Å². The number of carbonyl (C=O) groups is 1. The highest BCUT2D eigenvalue weighted by atomic mass is 28.3. The quantitative estimate of drug-likeness (QED) is 0.491. The molecule has 4 heteroatoms. The molecule has 0 amide bonds. The van der Waals surface area contributed by atoms with Crippen LogP contribution < -0.4 is 5.73 Å². The first-order valence-electron chi connectivity index (χ1n) is 3.81. The molecule has 0 aromatic carbocycles. The number of rotatable bonds is 2. The topological polar surface area (TPSA) is 63.3 Å². The fraction of sp³-hybridized carbons (Fsp3) is 0.625. The molecule has 0 aliphatic rings. The van der Waals surface area contributed by atoms with E-state index in [1.165, 1.54) is 0 Å². The minimum atomic E-state index is -1.37. The van der Waals surface area contributed by atoms with E-state index in [1.54, 1.807) is 0 Å². The Morgan fingerprint density at radius 1 is 1.58 bits per heavy atom. The molecule has 1 unspecified atom stereocenters. The molecule has 0 heterocycles. The van der Waals surface area contributed by atoms with Crippen molar-refractivity contribution in [1.29, 1.82) is 0 Å². The Hall–Kier alpha value is -0.793. The summed E-state index contributed by atoms with van der Waals surface area (Å²) < 4.78 is 0. The number of hydrogen-bond donors (Lipinski definition) is 2. The van der Waals surface area contributed by atoms with Crippen LogP contribution in [0.4, 0.5) is 0 Å². The van der Waals surface area contributed by atoms with E-state index in [9.17, 15) is 4.79 Å². The first-order valence-corrected chi connectivity index (χ1v) is 7.31. The lowest BCUT2D eigenvalue weighted by atomic mass is 10.2. The van der Waals surface area contributed by atoms with E-state index in [0.717, 1.165) is 0 Å². The van der Waals surface area contributed by atoms with Crippen LogP contribution in [0.15, 0.2) is 0 Å². The lowest BCUT2D eigenvalue weighted by molar-refractivity contribution is -0.138. The molecule has 12 heavy (non-hydrogen) atoms. The maximum absolute atomic E-state index is 10.3. The summed E-state index contributed by atoms with van der Waals surface area (Å²) >= 11 is 0. The highest BCUT2D eigenvalue weighted by molar-refractivity contribution is 6.83. The maximum Gasteiger partial charge on any atom is 0.321 e. The molecule has 0 aromatic rings. The Morgan fingerprint density at radius 3 is 2.42 bits per heavy atom. The number of carboxylic acid groups (broad SMARTS) is 1. The van der Waals surface area contributed by atoms with Gasteiger partial charge in [-0.3, -0.25) is 4.79 Å². The summed E-state index contributed by atoms with van der Waals surface area (Å²) in [5.41, 5.74) is 8.31. The molecule has 3 nitrogen and oxygen atoms in total. The Bertz CT molecular complexity index is 221. The van der Waals surface area contributed by atoms with Gasteiger partial charge in [0, 0.05) is 6.42 Å². The summed E-state index contributed by atoms with van der Waals surface area (Å²) in [5.74, 6) is 1.83. The van der Waals surface area contributed by atoms with Gasteiger partial charge in [0.25, 0.3) is 0 Å². The van der Waals surface area contributed by atoms with E-state index in [4.69, 9.17) is 10.8 Å². The van der Waals surface area contributed by atoms with Crippen molar-refractivity contribution in [3.63, 3.8) is 0 Å². The van der Waals surface area contributed by atoms with Gasteiger partial charge in [-0.05, 0) is 0 Å². The molecular formula is C8H15NO2Si. The third-order valence-electron chi connectivity index (χ3n) is 1.10. The van der Waals surface area contributed by atoms with Crippen LogP contribution in [0.2, 0.25) is 19.6 Å². The van der Waals surface area contributed by atoms with Crippen LogP contribution in [-0.2, 0) is 4.79 Å². The van der Waals surface area contributed by atoms with Crippen LogP contribution in [0, 0.1) is 11.5 Å². The Kier molecular flexibility index (Phi) is 4.00. The van der Waals surface area contributed by atoms with Crippen LogP contribution in [-0.4, -0.2) is 25.2 Å². The largest absolute Gasteiger partial charge is 0.480 e. The SMILES string of the molecule is C[Si](C)(C)C#CCC(N)C(=O)O. The lowest BCUT2D eigenvalue weighted by Crippen LogP contribution is -2.29. The number of aliphatic carboxylic acids is 1. The number of hydrogen-bond acceptors (Lipinski definition) is 2. The zero-order chi connectivity index (χ0) is 9.78. The minimum Gasteiger partial charge on any atom is -0.480 e. The van der Waals surface area contributed by atoms with Crippen LogP contribution in [0.25, 0.3) is 0 Å². The molecule has 0 saturated carbocycles. The van der Waals surface area contributed by atoms with Crippen molar-refractivity contribution < 1.29 is 9.90 Å². The molecule has 0 aliphatic carbocycles. The van der Waals surface area contributed by atoms with Crippen LogP contribution in [0.1, 0.15) is 6.42 Å². The van der Waals surface area contributed by atoms with E-state index in [-0.39, 0.29) is 6.42 Å². The Balaban J connectivity index is 3.96. The fourth-order valence-corrected chi connectivity index (χ4v) is 1.15. The van der Waals surface area contributed by atoms with Crippen molar-refractivity contribution in [2.45, 2.75) is 32.1 Å². The predicted molar refractivity (Wildman–Crippen MR) is 51.4 cm³/mol. The van der Waals surface area contributed by atoms with Gasteiger partial charge in [0.15, 0.2) is 0 Å². The van der Waals surface area contributed by atoms with Crippen LogP contribution >= 0.6 is 0 Å². The monoisotopic (exact) mass is 185 g/mol. The molecule has 1 atom stereocenters. The third-order valence-corrected chi connectivity index (χ3v) is 2.03. The molecule has 68 valence electrons. The molecule has 0 aliphatic heterocycles. The molecule has 0 spiro atoms. The zero-order valence-electron chi connectivity index (χ0n) is 7.72. The summed E-state index contributed by atoms with van der Waals surface area (Å²) in [6, 6.07) is -0.839. The standard InChI is InChI=1S/C8H15NO2Si/c1-12(2,3)6-4-5-7(9)8(10)11/h7H,5,9H2,1-3H3,(H,10,11). The van der Waals surface area contributed by atoms with Crippen molar-refractivity contribution in [2.24, 2.45) is 5.73 Å². The number of nitrogens with two attached hydrogens (primary N) is 1. The normalized spacial score (nSPS) is 13.0. The second kappa shape index (κ2) is 4.29. The first kappa shape index (κ1) is 11.2. The second-order valence-corrected chi connectivity index (χ2v) is 8.45. The average molecular weight is 185 g/mol. The summed E-state index contributed by atoms with van der Waals surface area (Å²) in [6.07, 6.45) is 0.250. The van der Waals surface area contributed by atoms with E-state index in [0.29, 0.717) is 0 Å². The molecule has 0 radical (unpaired) electrons. The zero-order valence-corrected chi connectivity index (χ0v) is 8.72. The van der Waals surface area contributed by atoms with Gasteiger partial charge in [-0.2, -0.15) is 0 Å². The summed E-state index contributed by atoms with van der Waals surface area (Å²) in [7, 11) is -1.37. The maximum atomic E-state index is 10.3. The molecule has 0 aromatic heterocycles. The Labute approximate surface area is 74.0 Å². The molecular weight excluding hydrogens is 170 g/mol. The highest BCUT2D eigenvalue weighted by Gasteiger charge is 2.10. The molecule has 0 rings (SSSR count). The molecule has 0 fully saturated rings. The van der Waals surface area contributed by atoms with Crippen molar-refractivity contribution in [3.05, 3.63) is 0 Å². The molecule has 0 bridgehead atoms. The van der Waals surface area contributed by atoms with Gasteiger partial charge in [0.1, 0.15) is 14.1 Å². The fourth-order valence-electron chi connectivity index (χ4n) is 0.513. The average Bonchev–Trinajstić information content (AvgIpc) is 1.84. The van der Waals surface area contributed by atoms with E-state index >= 15 is 0 Å². The van der Waals surface area contributed by atoms with Gasteiger partial charge in [0.2, 0.25) is 0 Å². The van der Waals surface area contributed by atoms with Crippen molar-refractivity contribution >= 4 is 14.0 Å². The van der Waals surface area contributed by atoms with Gasteiger partial charge in [-0.15, -0.1) is 11.5 Å². The van der Waals surface area contributed by atoms with E-state index in [2.05, 4.69) is 31.1 Å². The van der Waals surface area contributed by atoms with Gasteiger partial charge in [-0.25, -0.2) is 0 Å². The minimum absolute atomic E-state index is 0.250. The predicted octanol–water partition coefficient (Wildman–Crippen LogP) is 0.669. The van der Waals surface area contributed by atoms with Gasteiger partial charge in [0.05, 0.1) is 0 Å². The van der Waals surface area contributed by atoms with Crippen molar-refractivity contribution in [2.75, 3.05) is 0 Å². The summed E-state index contributed by atoms with van der Waals surface area (Å²) in [5, 5.41) is 8.43.